The van der Waals surface area contributed by atoms with Gasteiger partial charge in [-0.2, -0.15) is 4.98 Å². The van der Waals surface area contributed by atoms with E-state index >= 15 is 0 Å². The maximum Gasteiger partial charge on any atom is 0.298 e. The average Bonchev–Trinajstić information content (AvgIpc) is 3.92. The van der Waals surface area contributed by atoms with E-state index in [4.69, 9.17) is 4.74 Å². The number of benzene rings is 2. The minimum Gasteiger partial charge on any atom is -0.459 e. The molecule has 2 aromatic carbocycles. The van der Waals surface area contributed by atoms with E-state index in [1.165, 1.54) is 6.07 Å². The third-order valence-electron chi connectivity index (χ3n) is 11.4. The predicted octanol–water partition coefficient (Wildman–Crippen LogP) is 6.07. The number of amides is 2. The standard InChI is InChI=1S/C39H48FN5O6S/c1-25(2)45-31-18-12-16-29(40)34(31)42-37(45)51-28-21-32-33(46)23-39(36(48)43-52(49,50)38(3)19-20-38)22-26(39)13-8-5-4-6-11-17-30(35(47)44(32)24-28)41-27-14-9-7-10-15-27/h7-10,12-16,18,25-26,28,30,32,41H,4-6,11,17,19-24H2,1-3H3,(H,43,48)/b13-8-/t26-,28-,30+,32+,39-/m1/s1. The third-order valence-corrected chi connectivity index (χ3v) is 13.6. The smallest absolute Gasteiger partial charge is 0.298 e. The fraction of sp³-hybridized carbons (Fsp3) is 0.538. The Morgan fingerprint density at radius 2 is 1.83 bits per heavy atom. The number of halogens is 1. The zero-order valence-corrected chi connectivity index (χ0v) is 30.8. The van der Waals surface area contributed by atoms with Crippen molar-refractivity contribution in [3.8, 4) is 6.01 Å². The molecule has 5 atom stereocenters. The minimum atomic E-state index is -3.93. The molecule has 2 amide bonds. The number of sulfonamides is 1. The van der Waals surface area contributed by atoms with Gasteiger partial charge in [-0.3, -0.25) is 23.7 Å². The van der Waals surface area contributed by atoms with Gasteiger partial charge in [-0.25, -0.2) is 12.8 Å². The van der Waals surface area contributed by atoms with Gasteiger partial charge in [0, 0.05) is 24.6 Å². The van der Waals surface area contributed by atoms with Crippen LogP contribution >= 0.6 is 0 Å². The Kier molecular flexibility index (Phi) is 9.68. The summed E-state index contributed by atoms with van der Waals surface area (Å²) in [6.45, 7) is 5.59. The Balaban J connectivity index is 1.21. The highest BCUT2D eigenvalue weighted by Gasteiger charge is 2.62. The lowest BCUT2D eigenvalue weighted by Gasteiger charge is -2.30. The number of rotatable bonds is 8. The molecule has 13 heteroatoms. The van der Waals surface area contributed by atoms with Crippen LogP contribution < -0.4 is 14.8 Å². The zero-order valence-electron chi connectivity index (χ0n) is 30.0. The second kappa shape index (κ2) is 13.9. The molecule has 4 aliphatic rings. The molecule has 52 heavy (non-hydrogen) atoms. The number of ketones is 1. The number of carbonyl (C=O) groups is 3. The lowest BCUT2D eigenvalue weighted by Crippen LogP contribution is -2.49. The Morgan fingerprint density at radius 3 is 2.56 bits per heavy atom. The van der Waals surface area contributed by atoms with Crippen LogP contribution in [0.15, 0.2) is 60.7 Å². The number of hydrogen-bond acceptors (Lipinski definition) is 8. The fourth-order valence-corrected chi connectivity index (χ4v) is 9.15. The Labute approximate surface area is 304 Å². The SMILES string of the molecule is CC(C)n1c(O[C@@H]2C[C@H]3C(=O)C[C@]4(C(=O)NS(=O)(=O)C5(C)CC5)C[C@H]4/C=C\CCCCC[C@H](Nc4ccccc4)C(=O)N3C2)nc2c(F)cccc21. The van der Waals surface area contributed by atoms with Crippen molar-refractivity contribution in [3.63, 3.8) is 0 Å². The van der Waals surface area contributed by atoms with Crippen molar-refractivity contribution < 1.29 is 31.9 Å². The summed E-state index contributed by atoms with van der Waals surface area (Å²) in [6.07, 6.45) is 8.43. The zero-order chi connectivity index (χ0) is 36.8. The molecule has 0 bridgehead atoms. The van der Waals surface area contributed by atoms with Crippen LogP contribution in [0.25, 0.3) is 11.0 Å². The average molecular weight is 734 g/mol. The highest BCUT2D eigenvalue weighted by Crippen LogP contribution is 2.57. The maximum absolute atomic E-state index is 14.8. The van der Waals surface area contributed by atoms with Crippen molar-refractivity contribution in [2.45, 2.75) is 114 Å². The van der Waals surface area contributed by atoms with Gasteiger partial charge in [0.1, 0.15) is 17.7 Å². The largest absolute Gasteiger partial charge is 0.459 e. The van der Waals surface area contributed by atoms with Gasteiger partial charge in [-0.15, -0.1) is 0 Å². The number of fused-ring (bicyclic) bond motifs is 3. The molecule has 3 fully saturated rings. The number of anilines is 1. The summed E-state index contributed by atoms with van der Waals surface area (Å²) in [5, 5.41) is 3.41. The van der Waals surface area contributed by atoms with Crippen molar-refractivity contribution in [2.24, 2.45) is 11.3 Å². The number of imidazole rings is 1. The maximum atomic E-state index is 14.8. The Hall–Kier alpha value is -4.26. The van der Waals surface area contributed by atoms with Crippen molar-refractivity contribution in [3.05, 3.63) is 66.5 Å². The van der Waals surface area contributed by atoms with E-state index in [1.807, 2.05) is 56.3 Å². The number of nitrogens with one attached hydrogen (secondary N) is 2. The van der Waals surface area contributed by atoms with Gasteiger partial charge in [0.2, 0.25) is 21.8 Å². The predicted molar refractivity (Wildman–Crippen MR) is 196 cm³/mol. The van der Waals surface area contributed by atoms with Crippen molar-refractivity contribution in [1.82, 2.24) is 19.2 Å². The van der Waals surface area contributed by atoms with Gasteiger partial charge in [0.05, 0.1) is 28.3 Å². The van der Waals surface area contributed by atoms with Gasteiger partial charge in [-0.05, 0) is 89.5 Å². The summed E-state index contributed by atoms with van der Waals surface area (Å²) in [4.78, 5) is 49.1. The number of para-hydroxylation sites is 2. The molecule has 3 heterocycles. The van der Waals surface area contributed by atoms with Crippen molar-refractivity contribution in [1.29, 1.82) is 0 Å². The van der Waals surface area contributed by atoms with Crippen LogP contribution in [0.5, 0.6) is 6.01 Å². The number of aromatic nitrogens is 2. The molecule has 3 aromatic rings. The van der Waals surface area contributed by atoms with E-state index in [1.54, 1.807) is 28.5 Å². The van der Waals surface area contributed by atoms with Gasteiger partial charge in [-0.1, -0.05) is 49.3 Å². The van der Waals surface area contributed by atoms with Crippen molar-refractivity contribution in [2.75, 3.05) is 11.9 Å². The normalized spacial score (nSPS) is 28.4. The molecular weight excluding hydrogens is 686 g/mol. The molecule has 1 aromatic heterocycles. The van der Waals surface area contributed by atoms with E-state index in [0.29, 0.717) is 31.2 Å². The van der Waals surface area contributed by atoms with E-state index in [-0.39, 0.29) is 54.6 Å². The molecule has 0 unspecified atom stereocenters. The highest BCUT2D eigenvalue weighted by atomic mass is 32.2. The van der Waals surface area contributed by atoms with E-state index in [9.17, 15) is 27.2 Å². The molecule has 7 rings (SSSR count). The first kappa shape index (κ1) is 36.1. The Morgan fingerprint density at radius 1 is 1.06 bits per heavy atom. The Bertz CT molecular complexity index is 1990. The lowest BCUT2D eigenvalue weighted by atomic mass is 9.91. The second-order valence-electron chi connectivity index (χ2n) is 15.6. The highest BCUT2D eigenvalue weighted by molar-refractivity contribution is 7.91. The third kappa shape index (κ3) is 6.95. The summed E-state index contributed by atoms with van der Waals surface area (Å²) in [7, 11) is -3.93. The second-order valence-corrected chi connectivity index (χ2v) is 17.8. The molecule has 278 valence electrons. The van der Waals surface area contributed by atoms with Gasteiger partial charge in [0.15, 0.2) is 11.6 Å². The molecule has 0 radical (unpaired) electrons. The monoisotopic (exact) mass is 733 g/mol. The summed E-state index contributed by atoms with van der Waals surface area (Å²) >= 11 is 0. The number of Topliss-reactive ketones (excluding diaryl/α,β-unsaturated/α-hetero) is 1. The first-order valence-electron chi connectivity index (χ1n) is 18.5. The molecular formula is C39H48FN5O6S. The van der Waals surface area contributed by atoms with E-state index < -0.39 is 50.1 Å². The summed E-state index contributed by atoms with van der Waals surface area (Å²) in [5.41, 5.74) is 0.304. The van der Waals surface area contributed by atoms with E-state index in [2.05, 4.69) is 15.0 Å². The number of hydrogen-bond donors (Lipinski definition) is 2. The van der Waals surface area contributed by atoms with Crippen LogP contribution in [-0.2, 0) is 24.4 Å². The number of ether oxygens (including phenoxy) is 1. The first-order valence-corrected chi connectivity index (χ1v) is 20.0. The molecule has 2 aliphatic carbocycles. The van der Waals surface area contributed by atoms with Crippen LogP contribution in [0.4, 0.5) is 10.1 Å². The lowest BCUT2D eigenvalue weighted by molar-refractivity contribution is -0.139. The molecule has 0 spiro atoms. The molecule has 1 saturated heterocycles. The van der Waals surface area contributed by atoms with Crippen LogP contribution in [0, 0.1) is 17.2 Å². The fourth-order valence-electron chi connectivity index (χ4n) is 7.82. The minimum absolute atomic E-state index is 0.0846. The number of allylic oxidation sites excluding steroid dienone is 2. The summed E-state index contributed by atoms with van der Waals surface area (Å²) in [6, 6.07) is 12.7. The quantitative estimate of drug-likeness (QED) is 0.266. The molecule has 2 saturated carbocycles. The molecule has 2 aliphatic heterocycles. The van der Waals surface area contributed by atoms with Gasteiger partial charge in [0.25, 0.3) is 6.01 Å². The summed E-state index contributed by atoms with van der Waals surface area (Å²) in [5.74, 6) is -2.00. The van der Waals surface area contributed by atoms with Crippen LogP contribution in [0.3, 0.4) is 0 Å². The van der Waals surface area contributed by atoms with Crippen LogP contribution in [0.2, 0.25) is 0 Å². The van der Waals surface area contributed by atoms with Crippen LogP contribution in [-0.4, -0.2) is 69.9 Å². The van der Waals surface area contributed by atoms with Crippen LogP contribution in [0.1, 0.15) is 91.0 Å². The topological polar surface area (TPSA) is 140 Å². The first-order chi connectivity index (χ1) is 24.8. The number of carbonyl (C=O) groups excluding carboxylic acids is 3. The van der Waals surface area contributed by atoms with Gasteiger partial charge < -0.3 is 15.0 Å². The van der Waals surface area contributed by atoms with Crippen molar-refractivity contribution >= 4 is 44.3 Å². The number of nitrogens with zero attached hydrogens (tertiary/aromatic N) is 3. The summed E-state index contributed by atoms with van der Waals surface area (Å²) < 4.78 is 50.8. The molecule has 2 N–H and O–H groups in total. The van der Waals surface area contributed by atoms with Gasteiger partial charge >= 0.3 is 0 Å². The van der Waals surface area contributed by atoms with E-state index in [0.717, 1.165) is 31.4 Å². The molecule has 11 nitrogen and oxygen atoms in total.